The highest BCUT2D eigenvalue weighted by atomic mass is 79.9. The fourth-order valence-corrected chi connectivity index (χ4v) is 2.44. The minimum atomic E-state index is -0.487. The van der Waals surface area contributed by atoms with Crippen LogP contribution in [0.15, 0.2) is 22.7 Å². The molecule has 1 unspecified atom stereocenters. The summed E-state index contributed by atoms with van der Waals surface area (Å²) in [7, 11) is 0. The largest absolute Gasteiger partial charge is 0.378 e. The van der Waals surface area contributed by atoms with Crippen molar-refractivity contribution in [1.29, 1.82) is 0 Å². The molecule has 108 valence electrons. The normalized spacial score (nSPS) is 18.6. The van der Waals surface area contributed by atoms with E-state index in [0.717, 1.165) is 6.54 Å². The molecular formula is C12H14BrN3O4. The van der Waals surface area contributed by atoms with Crippen LogP contribution in [-0.2, 0) is 9.53 Å². The Labute approximate surface area is 124 Å². The number of carbonyl (C=O) groups is 1. The van der Waals surface area contributed by atoms with Crippen LogP contribution in [0.2, 0.25) is 0 Å². The van der Waals surface area contributed by atoms with Crippen molar-refractivity contribution < 1.29 is 14.5 Å². The number of rotatable bonds is 4. The maximum absolute atomic E-state index is 11.9. The second kappa shape index (κ2) is 6.78. The molecule has 0 spiro atoms. The predicted octanol–water partition coefficient (Wildman–Crippen LogP) is 1.67. The fourth-order valence-electron chi connectivity index (χ4n) is 1.92. The SMILES string of the molecule is O=C(CC1COCCN1)Nc1ccc([N+](=O)[O-])c(Br)c1. The Balaban J connectivity index is 1.93. The fraction of sp³-hybridized carbons (Fsp3) is 0.417. The maximum atomic E-state index is 11.9. The van der Waals surface area contributed by atoms with Gasteiger partial charge in [-0.1, -0.05) is 0 Å². The summed E-state index contributed by atoms with van der Waals surface area (Å²) in [5, 5.41) is 16.6. The van der Waals surface area contributed by atoms with Crippen molar-refractivity contribution in [2.45, 2.75) is 12.5 Å². The zero-order chi connectivity index (χ0) is 14.5. The Hall–Kier alpha value is -1.51. The van der Waals surface area contributed by atoms with Gasteiger partial charge in [-0.2, -0.15) is 0 Å². The molecule has 1 amide bonds. The van der Waals surface area contributed by atoms with Crippen molar-refractivity contribution >= 4 is 33.2 Å². The van der Waals surface area contributed by atoms with Crippen LogP contribution in [0.25, 0.3) is 0 Å². The molecule has 8 heteroatoms. The number of nitro benzene ring substituents is 1. The first-order chi connectivity index (χ1) is 9.56. The molecule has 0 saturated carbocycles. The molecule has 1 heterocycles. The number of carbonyl (C=O) groups excluding carboxylic acids is 1. The van der Waals surface area contributed by atoms with Crippen molar-refractivity contribution in [3.05, 3.63) is 32.8 Å². The highest BCUT2D eigenvalue weighted by Gasteiger charge is 2.18. The molecule has 1 aromatic carbocycles. The maximum Gasteiger partial charge on any atom is 0.283 e. The van der Waals surface area contributed by atoms with Crippen LogP contribution >= 0.6 is 15.9 Å². The number of ether oxygens (including phenoxy) is 1. The van der Waals surface area contributed by atoms with E-state index in [9.17, 15) is 14.9 Å². The molecular weight excluding hydrogens is 330 g/mol. The second-order valence-corrected chi connectivity index (χ2v) is 5.26. The van der Waals surface area contributed by atoms with Crippen LogP contribution in [0.5, 0.6) is 0 Å². The monoisotopic (exact) mass is 343 g/mol. The molecule has 7 nitrogen and oxygen atoms in total. The number of halogens is 1. The topological polar surface area (TPSA) is 93.5 Å². The summed E-state index contributed by atoms with van der Waals surface area (Å²) in [6.07, 6.45) is 0.300. The average Bonchev–Trinajstić information content (AvgIpc) is 2.39. The number of nitrogens with zero attached hydrogens (tertiary/aromatic N) is 1. The first-order valence-electron chi connectivity index (χ1n) is 6.11. The van der Waals surface area contributed by atoms with E-state index in [0.29, 0.717) is 29.8 Å². The minimum absolute atomic E-state index is 0.00485. The standard InChI is InChI=1S/C12H14BrN3O4/c13-10-5-8(1-2-11(10)16(18)19)15-12(17)6-9-7-20-4-3-14-9/h1-2,5,9,14H,3-4,6-7H2,(H,15,17). The van der Waals surface area contributed by atoms with Gasteiger partial charge in [0.1, 0.15) is 0 Å². The number of hydrogen-bond donors (Lipinski definition) is 2. The lowest BCUT2D eigenvalue weighted by atomic mass is 10.2. The number of nitrogens with one attached hydrogen (secondary N) is 2. The molecule has 0 aliphatic carbocycles. The van der Waals surface area contributed by atoms with Gasteiger partial charge in [-0.3, -0.25) is 14.9 Å². The van der Waals surface area contributed by atoms with E-state index in [4.69, 9.17) is 4.74 Å². The number of anilines is 1. The summed E-state index contributed by atoms with van der Waals surface area (Å²) >= 11 is 3.11. The summed E-state index contributed by atoms with van der Waals surface area (Å²) in [5.41, 5.74) is 0.481. The number of morpholine rings is 1. The van der Waals surface area contributed by atoms with Gasteiger partial charge in [0, 0.05) is 30.8 Å². The summed E-state index contributed by atoms with van der Waals surface area (Å²) in [6, 6.07) is 4.37. The van der Waals surface area contributed by atoms with Crippen molar-refractivity contribution in [1.82, 2.24) is 5.32 Å². The van der Waals surface area contributed by atoms with E-state index in [1.54, 1.807) is 0 Å². The van der Waals surface area contributed by atoms with Gasteiger partial charge in [-0.25, -0.2) is 0 Å². The zero-order valence-corrected chi connectivity index (χ0v) is 12.2. The Morgan fingerprint density at radius 1 is 1.60 bits per heavy atom. The molecule has 1 saturated heterocycles. The number of nitro groups is 1. The van der Waals surface area contributed by atoms with Gasteiger partial charge in [0.25, 0.3) is 5.69 Å². The molecule has 1 aromatic rings. The van der Waals surface area contributed by atoms with Crippen LogP contribution < -0.4 is 10.6 Å². The van der Waals surface area contributed by atoms with Gasteiger partial charge < -0.3 is 15.4 Å². The molecule has 0 bridgehead atoms. The van der Waals surface area contributed by atoms with Crippen molar-refractivity contribution in [2.24, 2.45) is 0 Å². The number of benzene rings is 1. The molecule has 1 aliphatic rings. The third-order valence-electron chi connectivity index (χ3n) is 2.86. The van der Waals surface area contributed by atoms with Gasteiger partial charge in [-0.15, -0.1) is 0 Å². The molecule has 2 rings (SSSR count). The van der Waals surface area contributed by atoms with Crippen LogP contribution in [0, 0.1) is 10.1 Å². The second-order valence-electron chi connectivity index (χ2n) is 4.40. The average molecular weight is 344 g/mol. The van der Waals surface area contributed by atoms with Crippen LogP contribution in [0.3, 0.4) is 0 Å². The molecule has 0 aromatic heterocycles. The van der Waals surface area contributed by atoms with E-state index in [-0.39, 0.29) is 17.6 Å². The van der Waals surface area contributed by atoms with E-state index in [2.05, 4.69) is 26.6 Å². The Morgan fingerprint density at radius 3 is 3.00 bits per heavy atom. The van der Waals surface area contributed by atoms with Gasteiger partial charge >= 0.3 is 0 Å². The minimum Gasteiger partial charge on any atom is -0.378 e. The molecule has 1 aliphatic heterocycles. The Morgan fingerprint density at radius 2 is 2.40 bits per heavy atom. The number of amides is 1. The van der Waals surface area contributed by atoms with Gasteiger partial charge in [0.15, 0.2) is 0 Å². The smallest absolute Gasteiger partial charge is 0.283 e. The third kappa shape index (κ3) is 3.99. The number of hydrogen-bond acceptors (Lipinski definition) is 5. The molecule has 2 N–H and O–H groups in total. The molecule has 1 atom stereocenters. The summed E-state index contributed by atoms with van der Waals surface area (Å²) in [4.78, 5) is 22.1. The summed E-state index contributed by atoms with van der Waals surface area (Å²) < 4.78 is 5.60. The van der Waals surface area contributed by atoms with Gasteiger partial charge in [0.05, 0.1) is 22.6 Å². The first kappa shape index (κ1) is 14.9. The summed E-state index contributed by atoms with van der Waals surface area (Å²) in [6.45, 7) is 1.91. The van der Waals surface area contributed by atoms with Crippen LogP contribution in [0.1, 0.15) is 6.42 Å². The van der Waals surface area contributed by atoms with Crippen molar-refractivity contribution in [2.75, 3.05) is 25.1 Å². The lowest BCUT2D eigenvalue weighted by Gasteiger charge is -2.23. The molecule has 0 radical (unpaired) electrons. The van der Waals surface area contributed by atoms with Crippen molar-refractivity contribution in [3.8, 4) is 0 Å². The van der Waals surface area contributed by atoms with E-state index in [1.807, 2.05) is 0 Å². The van der Waals surface area contributed by atoms with Gasteiger partial charge in [0.2, 0.25) is 5.91 Å². The lowest BCUT2D eigenvalue weighted by molar-refractivity contribution is -0.385. The molecule has 1 fully saturated rings. The highest BCUT2D eigenvalue weighted by Crippen LogP contribution is 2.27. The van der Waals surface area contributed by atoms with Crippen molar-refractivity contribution in [3.63, 3.8) is 0 Å². The quantitative estimate of drug-likeness (QED) is 0.640. The van der Waals surface area contributed by atoms with E-state index in [1.165, 1.54) is 18.2 Å². The third-order valence-corrected chi connectivity index (χ3v) is 3.49. The Bertz CT molecular complexity index is 517. The predicted molar refractivity (Wildman–Crippen MR) is 76.7 cm³/mol. The van der Waals surface area contributed by atoms with E-state index < -0.39 is 4.92 Å². The first-order valence-corrected chi connectivity index (χ1v) is 6.90. The van der Waals surface area contributed by atoms with Gasteiger partial charge in [-0.05, 0) is 28.1 Å². The lowest BCUT2D eigenvalue weighted by Crippen LogP contribution is -2.43. The zero-order valence-electron chi connectivity index (χ0n) is 10.6. The van der Waals surface area contributed by atoms with E-state index >= 15 is 0 Å². The highest BCUT2D eigenvalue weighted by molar-refractivity contribution is 9.10. The van der Waals surface area contributed by atoms with Crippen LogP contribution in [-0.4, -0.2) is 36.6 Å². The molecule has 20 heavy (non-hydrogen) atoms. The summed E-state index contributed by atoms with van der Waals surface area (Å²) in [5.74, 6) is -0.159. The van der Waals surface area contributed by atoms with Crippen LogP contribution in [0.4, 0.5) is 11.4 Å². The Kier molecular flexibility index (Phi) is 5.05.